The summed E-state index contributed by atoms with van der Waals surface area (Å²) < 4.78 is 7.79. The number of ether oxygens (including phenoxy) is 1. The van der Waals surface area contributed by atoms with Crippen molar-refractivity contribution in [3.05, 3.63) is 64.6 Å². The number of carbonyl (C=O) groups excluding carboxylic acids is 1. The number of hydrogen-bond acceptors (Lipinski definition) is 5. The summed E-state index contributed by atoms with van der Waals surface area (Å²) in [5.74, 6) is 0.263. The fraction of sp³-hybridized carbons (Fsp3) is 0.176. The Morgan fingerprint density at radius 3 is 2.48 bits per heavy atom. The third kappa shape index (κ3) is 3.42. The van der Waals surface area contributed by atoms with Crippen molar-refractivity contribution in [3.8, 4) is 11.4 Å². The Hall–Kier alpha value is -3.42. The van der Waals surface area contributed by atoms with Crippen molar-refractivity contribution in [3.63, 3.8) is 0 Å². The molecule has 0 spiro atoms. The summed E-state index contributed by atoms with van der Waals surface area (Å²) in [6, 6.07) is 13.8. The van der Waals surface area contributed by atoms with E-state index in [2.05, 4.69) is 15.7 Å². The summed E-state index contributed by atoms with van der Waals surface area (Å²) in [5.41, 5.74) is 1.27. The zero-order chi connectivity index (χ0) is 17.8. The van der Waals surface area contributed by atoms with E-state index in [0.717, 1.165) is 4.68 Å². The molecule has 0 bridgehead atoms. The standard InChI is InChI=1S/C17H17N5O3/c1-3-25-15-7-5-4-6-14(15)16(23)18-12-8-10-13(11-9-12)22-17(24)21(2)19-20-22/h4-11H,3H2,1-2H3,(H,18,23). The predicted molar refractivity (Wildman–Crippen MR) is 92.2 cm³/mol. The van der Waals surface area contributed by atoms with Gasteiger partial charge in [-0.05, 0) is 53.7 Å². The largest absolute Gasteiger partial charge is 0.493 e. The van der Waals surface area contributed by atoms with Gasteiger partial charge in [0.25, 0.3) is 5.91 Å². The van der Waals surface area contributed by atoms with Crippen LogP contribution in [0.1, 0.15) is 17.3 Å². The Bertz CT molecular complexity index is 943. The van der Waals surface area contributed by atoms with Gasteiger partial charge in [-0.15, -0.1) is 0 Å². The van der Waals surface area contributed by atoms with Crippen molar-refractivity contribution in [2.45, 2.75) is 6.92 Å². The molecular weight excluding hydrogens is 322 g/mol. The second kappa shape index (κ2) is 7.00. The number of benzene rings is 2. The zero-order valence-electron chi connectivity index (χ0n) is 13.8. The molecule has 3 rings (SSSR count). The highest BCUT2D eigenvalue weighted by Crippen LogP contribution is 2.20. The molecule has 1 amide bonds. The van der Waals surface area contributed by atoms with Crippen LogP contribution >= 0.6 is 0 Å². The maximum absolute atomic E-state index is 12.5. The molecule has 128 valence electrons. The van der Waals surface area contributed by atoms with Crippen LogP contribution in [0.4, 0.5) is 5.69 Å². The number of para-hydroxylation sites is 1. The summed E-state index contributed by atoms with van der Waals surface area (Å²) in [6.07, 6.45) is 0. The first-order chi connectivity index (χ1) is 12.1. The second-order valence-electron chi connectivity index (χ2n) is 5.23. The maximum atomic E-state index is 12.5. The Kier molecular flexibility index (Phi) is 4.60. The Morgan fingerprint density at radius 1 is 1.12 bits per heavy atom. The van der Waals surface area contributed by atoms with Crippen LogP contribution in [0, 0.1) is 0 Å². The lowest BCUT2D eigenvalue weighted by Crippen LogP contribution is -2.21. The van der Waals surface area contributed by atoms with E-state index >= 15 is 0 Å². The van der Waals surface area contributed by atoms with Gasteiger partial charge in [0.1, 0.15) is 5.75 Å². The summed E-state index contributed by atoms with van der Waals surface area (Å²) in [4.78, 5) is 24.3. The lowest BCUT2D eigenvalue weighted by atomic mass is 10.2. The lowest BCUT2D eigenvalue weighted by molar-refractivity contribution is 0.102. The smallest absolute Gasteiger partial charge is 0.368 e. The van der Waals surface area contributed by atoms with Crippen LogP contribution in [0.2, 0.25) is 0 Å². The first-order valence-electron chi connectivity index (χ1n) is 7.72. The number of nitrogens with zero attached hydrogens (tertiary/aromatic N) is 4. The molecule has 1 heterocycles. The number of amides is 1. The van der Waals surface area contributed by atoms with E-state index in [0.29, 0.717) is 29.3 Å². The van der Waals surface area contributed by atoms with Gasteiger partial charge in [0.2, 0.25) is 0 Å². The van der Waals surface area contributed by atoms with Gasteiger partial charge in [-0.1, -0.05) is 12.1 Å². The number of rotatable bonds is 5. The monoisotopic (exact) mass is 339 g/mol. The van der Waals surface area contributed by atoms with Gasteiger partial charge < -0.3 is 10.1 Å². The first-order valence-corrected chi connectivity index (χ1v) is 7.72. The third-order valence-corrected chi connectivity index (χ3v) is 3.52. The molecule has 0 aliphatic carbocycles. The lowest BCUT2D eigenvalue weighted by Gasteiger charge is -2.10. The molecule has 0 unspecified atom stereocenters. The van der Waals surface area contributed by atoms with Crippen molar-refractivity contribution < 1.29 is 9.53 Å². The van der Waals surface area contributed by atoms with E-state index in [1.54, 1.807) is 42.5 Å². The van der Waals surface area contributed by atoms with Gasteiger partial charge in [-0.2, -0.15) is 9.36 Å². The summed E-state index contributed by atoms with van der Waals surface area (Å²) in [7, 11) is 1.52. The number of nitrogens with one attached hydrogen (secondary N) is 1. The maximum Gasteiger partial charge on any atom is 0.368 e. The number of anilines is 1. The van der Waals surface area contributed by atoms with Crippen molar-refractivity contribution >= 4 is 11.6 Å². The molecular formula is C17H17N5O3. The van der Waals surface area contributed by atoms with Gasteiger partial charge in [0.15, 0.2) is 0 Å². The quantitative estimate of drug-likeness (QED) is 0.763. The minimum absolute atomic E-state index is 0.270. The van der Waals surface area contributed by atoms with E-state index in [1.165, 1.54) is 11.7 Å². The molecule has 3 aromatic rings. The van der Waals surface area contributed by atoms with Crippen molar-refractivity contribution in [2.75, 3.05) is 11.9 Å². The molecule has 0 aliphatic rings. The number of aromatic nitrogens is 4. The van der Waals surface area contributed by atoms with E-state index in [9.17, 15) is 9.59 Å². The number of tetrazole rings is 1. The van der Waals surface area contributed by atoms with E-state index in [-0.39, 0.29) is 11.6 Å². The Labute approximate surface area is 143 Å². The normalized spacial score (nSPS) is 10.5. The summed E-state index contributed by atoms with van der Waals surface area (Å²) in [6.45, 7) is 2.34. The van der Waals surface area contributed by atoms with Gasteiger partial charge in [0, 0.05) is 12.7 Å². The van der Waals surface area contributed by atoms with E-state index in [4.69, 9.17) is 4.74 Å². The third-order valence-electron chi connectivity index (χ3n) is 3.52. The van der Waals surface area contributed by atoms with E-state index in [1.807, 2.05) is 13.0 Å². The van der Waals surface area contributed by atoms with Crippen molar-refractivity contribution in [1.29, 1.82) is 0 Å². The fourth-order valence-corrected chi connectivity index (χ4v) is 2.30. The van der Waals surface area contributed by atoms with Crippen LogP contribution in [0.5, 0.6) is 5.75 Å². The van der Waals surface area contributed by atoms with Crippen LogP contribution < -0.4 is 15.7 Å². The Balaban J connectivity index is 1.79. The highest BCUT2D eigenvalue weighted by molar-refractivity contribution is 6.06. The molecule has 8 heteroatoms. The molecule has 0 fully saturated rings. The van der Waals surface area contributed by atoms with Gasteiger partial charge in [-0.3, -0.25) is 4.79 Å². The average Bonchev–Trinajstić information content (AvgIpc) is 2.95. The molecule has 0 aliphatic heterocycles. The SMILES string of the molecule is CCOc1ccccc1C(=O)Nc1ccc(-n2nnn(C)c2=O)cc1. The molecule has 0 atom stereocenters. The topological polar surface area (TPSA) is 91.0 Å². The van der Waals surface area contributed by atoms with Gasteiger partial charge in [0.05, 0.1) is 17.9 Å². The first kappa shape index (κ1) is 16.4. The van der Waals surface area contributed by atoms with Gasteiger partial charge >= 0.3 is 5.69 Å². The molecule has 0 saturated carbocycles. The van der Waals surface area contributed by atoms with E-state index < -0.39 is 0 Å². The minimum Gasteiger partial charge on any atom is -0.493 e. The molecule has 8 nitrogen and oxygen atoms in total. The summed E-state index contributed by atoms with van der Waals surface area (Å²) in [5, 5.41) is 10.2. The van der Waals surface area contributed by atoms with Crippen LogP contribution in [0.3, 0.4) is 0 Å². The molecule has 2 aromatic carbocycles. The molecule has 1 N–H and O–H groups in total. The van der Waals surface area contributed by atoms with Crippen LogP contribution in [0.25, 0.3) is 5.69 Å². The second-order valence-corrected chi connectivity index (χ2v) is 5.23. The minimum atomic E-state index is -0.345. The predicted octanol–water partition coefficient (Wildman–Crippen LogP) is 1.62. The number of hydrogen-bond donors (Lipinski definition) is 1. The molecule has 0 saturated heterocycles. The van der Waals surface area contributed by atoms with Crippen LogP contribution in [-0.4, -0.2) is 32.3 Å². The summed E-state index contributed by atoms with van der Waals surface area (Å²) >= 11 is 0. The number of aryl methyl sites for hydroxylation is 1. The van der Waals surface area contributed by atoms with Crippen LogP contribution in [-0.2, 0) is 7.05 Å². The molecule has 1 aromatic heterocycles. The highest BCUT2D eigenvalue weighted by Gasteiger charge is 2.12. The highest BCUT2D eigenvalue weighted by atomic mass is 16.5. The van der Waals surface area contributed by atoms with Crippen LogP contribution in [0.15, 0.2) is 53.3 Å². The number of carbonyl (C=O) groups is 1. The fourth-order valence-electron chi connectivity index (χ4n) is 2.30. The Morgan fingerprint density at radius 2 is 1.84 bits per heavy atom. The molecule has 25 heavy (non-hydrogen) atoms. The average molecular weight is 339 g/mol. The van der Waals surface area contributed by atoms with Crippen molar-refractivity contribution in [1.82, 2.24) is 19.8 Å². The zero-order valence-corrected chi connectivity index (χ0v) is 13.8. The van der Waals surface area contributed by atoms with Gasteiger partial charge in [-0.25, -0.2) is 4.79 Å². The van der Waals surface area contributed by atoms with Crippen molar-refractivity contribution in [2.24, 2.45) is 7.05 Å². The molecule has 0 radical (unpaired) electrons.